The largest absolute Gasteiger partial charge is 0.457 e. The molecule has 0 saturated carbocycles. The molecule has 0 spiro atoms. The first-order valence-corrected chi connectivity index (χ1v) is 35.8. The van der Waals surface area contributed by atoms with Crippen LogP contribution in [-0.4, -0.2) is 255 Å². The minimum absolute atomic E-state index is 0.0450. The standard InChI is InChI=1S/C64H80O28S4/c1-21-25-5-27-22(2)29-7-31-24(4)32-8-30-23(3)28-6-26(21)54-34(14-94-62-50(78)46(74)42(70)38(10-66)90-62)56(28)84-19-86-58(30)36(16-96-64-52(80)48(76)44(72)40(12-68)92-64)60(32)88-20-87-59(31)35(15-95-63-51(79)47(75)43(71)39(11-67)91-63)57(29)85-18-83-55(27)33(53(25)81-17-82-54)13-93-61-49(77)45(73)41(69)37(9-65)89-61/h5-8,21-24,37-52,61-80H,9-20H2,1-4H3/t21?,22?,23?,24?,37-,38-,39-,40-,41-,42-,43-,44-,45+,46+,47+,48+,49-,50-,51-,52-,61+,62+,63+,64+/m1/s1. The van der Waals surface area contributed by atoms with Crippen molar-refractivity contribution in [2.75, 3.05) is 53.6 Å². The van der Waals surface area contributed by atoms with Gasteiger partial charge in [-0.2, -0.15) is 0 Å². The van der Waals surface area contributed by atoms with Crippen molar-refractivity contribution in [3.05, 3.63) is 91.0 Å². The Hall–Kier alpha value is -4.12. The number of ether oxygens (including phenoxy) is 12. The molecule has 9 aliphatic rings. The fraction of sp³-hybridized carbons (Fsp3) is 0.625. The first kappa shape index (κ1) is 70.3. The summed E-state index contributed by atoms with van der Waals surface area (Å²) in [5.41, 5.74) is 1.86. The van der Waals surface area contributed by atoms with Crippen LogP contribution < -0.4 is 37.9 Å². The summed E-state index contributed by atoms with van der Waals surface area (Å²) in [4.78, 5) is 0. The molecule has 32 heteroatoms. The van der Waals surface area contributed by atoms with Crippen molar-refractivity contribution in [2.24, 2.45) is 0 Å². The summed E-state index contributed by atoms with van der Waals surface area (Å²) in [5, 5.41) is 174. The molecule has 0 unspecified atom stereocenters. The van der Waals surface area contributed by atoms with Gasteiger partial charge in [0.1, 0.15) is 165 Å². The Kier molecular flexibility index (Phi) is 21.0. The highest BCUT2D eigenvalue weighted by molar-refractivity contribution is 7.99. The topological polar surface area (TPSA) is 434 Å². The van der Waals surface area contributed by atoms with Gasteiger partial charge in [-0.1, -0.05) is 27.7 Å². The normalized spacial score (nSPS) is 36.5. The molecule has 8 aliphatic heterocycles. The maximum absolute atomic E-state index is 11.4. The van der Waals surface area contributed by atoms with Gasteiger partial charge in [0.05, 0.1) is 26.4 Å². The molecule has 0 radical (unpaired) electrons. The molecule has 16 N–H and O–H groups in total. The van der Waals surface area contributed by atoms with Crippen LogP contribution in [0.15, 0.2) is 24.3 Å². The zero-order chi connectivity index (χ0) is 68.0. The SMILES string of the molecule is CC1c2cc3c4c(CS[C@@H]5O[C@H](CO)[C@@H](O)[C@H](O)[C@H]5O)c2OCOc2c1cc1c(c2CS[C@@H]2O[C@H](CO)[C@@H](O)[C@H](O)[C@H]2O)OCOc2c(cc5c(c2CS[C@@H]2O[C@H](CO)[C@@H](O)[C@H](O)[C@H]2O)OCOc2c(cc(c(c2CS[C@@H]2O[C@H](CO)[C@@H](O)[C@H](O)[C@H]2O)OCO4)C3C)C5C)C1C. The van der Waals surface area contributed by atoms with Crippen LogP contribution in [-0.2, 0) is 42.0 Å². The van der Waals surface area contributed by atoms with Crippen molar-refractivity contribution in [2.45, 2.75) is 194 Å². The molecule has 96 heavy (non-hydrogen) atoms. The van der Waals surface area contributed by atoms with Crippen LogP contribution in [0.3, 0.4) is 0 Å². The summed E-state index contributed by atoms with van der Waals surface area (Å²) in [6.07, 6.45) is -24.7. The Morgan fingerprint density at radius 1 is 0.271 bits per heavy atom. The van der Waals surface area contributed by atoms with Crippen LogP contribution in [0.4, 0.5) is 0 Å². The van der Waals surface area contributed by atoms with Gasteiger partial charge in [0, 0.05) is 113 Å². The van der Waals surface area contributed by atoms with E-state index in [4.69, 9.17) is 56.8 Å². The third-order valence-electron chi connectivity index (χ3n) is 19.9. The van der Waals surface area contributed by atoms with Gasteiger partial charge in [-0.05, 0) is 24.3 Å². The van der Waals surface area contributed by atoms with Gasteiger partial charge in [0.25, 0.3) is 0 Å². The van der Waals surface area contributed by atoms with Crippen molar-refractivity contribution < 1.29 is 139 Å². The van der Waals surface area contributed by atoms with Crippen LogP contribution >= 0.6 is 47.0 Å². The number of hydrogen-bond acceptors (Lipinski definition) is 32. The lowest BCUT2D eigenvalue weighted by Crippen LogP contribution is -2.57. The number of benzene rings is 4. The van der Waals surface area contributed by atoms with Gasteiger partial charge in [-0.25, -0.2) is 0 Å². The van der Waals surface area contributed by atoms with E-state index in [0.29, 0.717) is 113 Å². The molecule has 20 atom stereocenters. The Labute approximate surface area is 567 Å². The maximum Gasteiger partial charge on any atom is 0.230 e. The molecule has 4 aromatic rings. The van der Waals surface area contributed by atoms with Crippen molar-refractivity contribution in [3.8, 4) is 46.0 Å². The molecule has 28 nitrogen and oxygen atoms in total. The minimum Gasteiger partial charge on any atom is -0.457 e. The van der Waals surface area contributed by atoms with Gasteiger partial charge in [-0.3, -0.25) is 0 Å². The Balaban J connectivity index is 1.04. The highest BCUT2D eigenvalue weighted by Gasteiger charge is 2.50. The van der Waals surface area contributed by atoms with E-state index in [1.54, 1.807) is 0 Å². The van der Waals surface area contributed by atoms with E-state index in [2.05, 4.69) is 0 Å². The molecular weight excluding hydrogens is 1340 g/mol. The van der Waals surface area contributed by atoms with Crippen LogP contribution in [0.25, 0.3) is 0 Å². The van der Waals surface area contributed by atoms with E-state index in [9.17, 15) is 81.7 Å². The molecule has 8 heterocycles. The van der Waals surface area contributed by atoms with Gasteiger partial charge >= 0.3 is 0 Å². The number of aliphatic hydroxyl groups excluding tert-OH is 16. The third-order valence-corrected chi connectivity index (χ3v) is 24.5. The van der Waals surface area contributed by atoms with Crippen LogP contribution in [0, 0.1) is 0 Å². The van der Waals surface area contributed by atoms with Crippen LogP contribution in [0.5, 0.6) is 46.0 Å². The van der Waals surface area contributed by atoms with Gasteiger partial charge in [0.2, 0.25) is 27.2 Å². The van der Waals surface area contributed by atoms with Crippen molar-refractivity contribution in [1.29, 1.82) is 0 Å². The van der Waals surface area contributed by atoms with E-state index >= 15 is 0 Å². The highest BCUT2D eigenvalue weighted by atomic mass is 32.2. The predicted molar refractivity (Wildman–Crippen MR) is 341 cm³/mol. The molecule has 8 bridgehead atoms. The monoisotopic (exact) mass is 1420 g/mol. The Bertz CT molecular complexity index is 2920. The lowest BCUT2D eigenvalue weighted by atomic mass is 9.78. The molecular formula is C64H80O28S4. The summed E-state index contributed by atoms with van der Waals surface area (Å²) >= 11 is 4.22. The van der Waals surface area contributed by atoms with Crippen molar-refractivity contribution in [1.82, 2.24) is 0 Å². The summed E-state index contributed by atoms with van der Waals surface area (Å²) in [6.45, 7) is 3.34. The second-order valence-corrected chi connectivity index (χ2v) is 29.7. The van der Waals surface area contributed by atoms with Gasteiger partial charge < -0.3 is 139 Å². The average Bonchev–Trinajstić information content (AvgIpc) is 0.728. The van der Waals surface area contributed by atoms with Gasteiger partial charge in [-0.15, -0.1) is 47.0 Å². The Morgan fingerprint density at radius 3 is 0.594 bits per heavy atom. The van der Waals surface area contributed by atoms with E-state index in [0.717, 1.165) is 47.0 Å². The average molecular weight is 1430 g/mol. The first-order valence-electron chi connectivity index (χ1n) is 31.6. The second-order valence-electron chi connectivity index (χ2n) is 25.3. The molecule has 4 aromatic carbocycles. The summed E-state index contributed by atoms with van der Waals surface area (Å²) in [5.74, 6) is -0.483. The molecule has 0 amide bonds. The third kappa shape index (κ3) is 12.3. The van der Waals surface area contributed by atoms with Gasteiger partial charge in [0.15, 0.2) is 0 Å². The maximum atomic E-state index is 11.4. The number of aliphatic hydroxyl groups is 16. The second kappa shape index (κ2) is 28.7. The lowest BCUT2D eigenvalue weighted by molar-refractivity contribution is -0.205. The summed E-state index contributed by atoms with van der Waals surface area (Å²) < 4.78 is 78.6. The van der Waals surface area contributed by atoms with Crippen molar-refractivity contribution >= 4 is 47.0 Å². The Morgan fingerprint density at radius 2 is 0.438 bits per heavy atom. The number of thioether (sulfide) groups is 4. The highest BCUT2D eigenvalue weighted by Crippen LogP contribution is 2.58. The first-order chi connectivity index (χ1) is 46.1. The molecule has 13 rings (SSSR count). The summed E-state index contributed by atoms with van der Waals surface area (Å²) in [7, 11) is 0. The van der Waals surface area contributed by atoms with E-state index < -0.39 is 197 Å². The van der Waals surface area contributed by atoms with Crippen molar-refractivity contribution in [3.63, 3.8) is 0 Å². The fourth-order valence-electron chi connectivity index (χ4n) is 14.2. The zero-order valence-corrected chi connectivity index (χ0v) is 55.6. The molecule has 4 fully saturated rings. The molecule has 4 saturated heterocycles. The van der Waals surface area contributed by atoms with E-state index in [1.165, 1.54) is 0 Å². The minimum atomic E-state index is -1.69. The molecule has 528 valence electrons. The zero-order valence-electron chi connectivity index (χ0n) is 52.3. The van der Waals surface area contributed by atoms with Crippen LogP contribution in [0.2, 0.25) is 0 Å². The van der Waals surface area contributed by atoms with E-state index in [1.807, 2.05) is 52.0 Å². The smallest absolute Gasteiger partial charge is 0.230 e. The predicted octanol–water partition coefficient (Wildman–Crippen LogP) is -0.346. The molecule has 0 aromatic heterocycles. The summed E-state index contributed by atoms with van der Waals surface area (Å²) in [6, 6.07) is 7.93. The molecule has 1 aliphatic carbocycles. The van der Waals surface area contributed by atoms with Crippen LogP contribution in [0.1, 0.15) is 118 Å². The fourth-order valence-corrected chi connectivity index (χ4v) is 18.9. The quantitative estimate of drug-likeness (QED) is 0.0682. The number of hydrogen-bond donors (Lipinski definition) is 16. The number of rotatable bonds is 16. The van der Waals surface area contributed by atoms with E-state index in [-0.39, 0.29) is 23.0 Å². The lowest BCUT2D eigenvalue weighted by Gasteiger charge is -2.40.